The molecule has 0 nitrogen and oxygen atoms in total. The molecule has 30 heavy (non-hydrogen) atoms. The predicted octanol–water partition coefficient (Wildman–Crippen LogP) is 0.314. The van der Waals surface area contributed by atoms with Crippen molar-refractivity contribution in [1.29, 1.82) is 0 Å². The molecule has 2 aromatic rings. The van der Waals surface area contributed by atoms with Crippen molar-refractivity contribution in [2.75, 3.05) is 0 Å². The molecule has 6 rings (SSSR count). The standard InChI is InChI=1S/2C13H9.CH2.2ClH.Ti/c2*1-3-7-12-10(5-1)9-11-6-2-4-8-13(11)12;;;;/h2*1-8,12H;1H2;2*1H;/q;;;;;+2/p-2. The van der Waals surface area contributed by atoms with Gasteiger partial charge in [0.15, 0.2) is 0 Å². The summed E-state index contributed by atoms with van der Waals surface area (Å²) in [4.78, 5) is 4.92. The van der Waals surface area contributed by atoms with Crippen LogP contribution in [-0.2, 0) is 17.4 Å². The molecule has 4 aliphatic carbocycles. The van der Waals surface area contributed by atoms with Crippen LogP contribution in [0, 0.1) is 0 Å². The number of fused-ring (bicyclic) bond motifs is 6. The summed E-state index contributed by atoms with van der Waals surface area (Å²) in [6.07, 6.45) is 18.1. The van der Waals surface area contributed by atoms with Crippen LogP contribution < -0.4 is 24.8 Å². The predicted molar refractivity (Wildman–Crippen MR) is 116 cm³/mol. The molecule has 0 N–H and O–H groups in total. The van der Waals surface area contributed by atoms with Crippen LogP contribution in [0.4, 0.5) is 0 Å². The topological polar surface area (TPSA) is 0 Å². The van der Waals surface area contributed by atoms with Gasteiger partial charge in [-0.3, -0.25) is 0 Å². The minimum Gasteiger partial charge on any atom is -1.00 e. The van der Waals surface area contributed by atoms with Gasteiger partial charge in [-0.25, -0.2) is 0 Å². The Balaban J connectivity index is 0.00000109. The van der Waals surface area contributed by atoms with Gasteiger partial charge in [0.05, 0.1) is 0 Å². The second-order valence-electron chi connectivity index (χ2n) is 7.76. The fourth-order valence-electron chi connectivity index (χ4n) is 5.21. The molecule has 0 radical (unpaired) electrons. The van der Waals surface area contributed by atoms with Gasteiger partial charge in [-0.15, -0.1) is 0 Å². The first-order valence-electron chi connectivity index (χ1n) is 9.91. The van der Waals surface area contributed by atoms with E-state index in [4.69, 9.17) is 4.82 Å². The average molecular weight is 463 g/mol. The van der Waals surface area contributed by atoms with Crippen LogP contribution >= 0.6 is 0 Å². The van der Waals surface area contributed by atoms with Crippen molar-refractivity contribution < 1.29 is 42.2 Å². The molecule has 0 fully saturated rings. The summed E-state index contributed by atoms with van der Waals surface area (Å²) in [6, 6.07) is 17.9. The van der Waals surface area contributed by atoms with Gasteiger partial charge in [-0.05, 0) is 0 Å². The van der Waals surface area contributed by atoms with Gasteiger partial charge in [-0.1, -0.05) is 0 Å². The van der Waals surface area contributed by atoms with Crippen molar-refractivity contribution in [3.05, 3.63) is 131 Å². The molecule has 2 atom stereocenters. The number of benzene rings is 2. The molecule has 0 heterocycles. The molecule has 0 amide bonds. The van der Waals surface area contributed by atoms with Crippen LogP contribution in [-0.4, -0.2) is 4.82 Å². The Kier molecular flexibility index (Phi) is 5.88. The Hall–Kier alpha value is -1.96. The van der Waals surface area contributed by atoms with Crippen LogP contribution in [0.1, 0.15) is 34.1 Å². The molecule has 2 unspecified atom stereocenters. The van der Waals surface area contributed by atoms with Crippen molar-refractivity contribution in [1.82, 2.24) is 0 Å². The van der Waals surface area contributed by atoms with E-state index in [-0.39, 0.29) is 24.8 Å². The van der Waals surface area contributed by atoms with Crippen LogP contribution in [0.2, 0.25) is 0 Å². The molecule has 0 spiro atoms. The zero-order valence-corrected chi connectivity index (χ0v) is 19.4. The summed E-state index contributed by atoms with van der Waals surface area (Å²) in [7, 11) is 0. The van der Waals surface area contributed by atoms with E-state index in [2.05, 4.69) is 97.1 Å². The fourth-order valence-corrected chi connectivity index (χ4v) is 9.16. The molecule has 0 aromatic heterocycles. The molecule has 2 aromatic carbocycles. The van der Waals surface area contributed by atoms with Crippen LogP contribution in [0.5, 0.6) is 0 Å². The van der Waals surface area contributed by atoms with Gasteiger partial charge < -0.3 is 24.8 Å². The van der Waals surface area contributed by atoms with Gasteiger partial charge in [0, 0.05) is 0 Å². The first-order valence-corrected chi connectivity index (χ1v) is 12.6. The second-order valence-corrected chi connectivity index (χ2v) is 10.8. The Bertz CT molecular complexity index is 1140. The third-order valence-corrected chi connectivity index (χ3v) is 9.99. The SMILES string of the molecule is [CH2]=[Ti+2]([C]1=C2C=CC=CC2c2ccccc21)[C]1=C2C=CC=CC2c2ccccc21.[Cl-].[Cl-]. The molecule has 146 valence electrons. The average Bonchev–Trinajstić information content (AvgIpc) is 3.27. The minimum atomic E-state index is -1.98. The first kappa shape index (κ1) is 21.3. The summed E-state index contributed by atoms with van der Waals surface area (Å²) >= 11 is -1.98. The van der Waals surface area contributed by atoms with Gasteiger partial charge in [0.2, 0.25) is 0 Å². The maximum atomic E-state index is 4.92. The summed E-state index contributed by atoms with van der Waals surface area (Å²) in [5, 5.41) is 0. The van der Waals surface area contributed by atoms with E-state index in [0.29, 0.717) is 11.8 Å². The van der Waals surface area contributed by atoms with E-state index < -0.39 is 17.4 Å². The smallest absolute Gasteiger partial charge is 1.00 e. The summed E-state index contributed by atoms with van der Waals surface area (Å²) in [6.45, 7) is 0. The van der Waals surface area contributed by atoms with Crippen molar-refractivity contribution in [3.8, 4) is 0 Å². The number of hydrogen-bond donors (Lipinski definition) is 0. The largest absolute Gasteiger partial charge is 1.00 e. The van der Waals surface area contributed by atoms with Crippen molar-refractivity contribution in [2.45, 2.75) is 11.8 Å². The summed E-state index contributed by atoms with van der Waals surface area (Å²) < 4.78 is 3.12. The third-order valence-electron chi connectivity index (χ3n) is 6.36. The molecule has 0 bridgehead atoms. The Morgan fingerprint density at radius 1 is 0.600 bits per heavy atom. The van der Waals surface area contributed by atoms with E-state index in [9.17, 15) is 0 Å². The molecular formula is C27H20Cl2Ti. The van der Waals surface area contributed by atoms with Gasteiger partial charge in [0.25, 0.3) is 0 Å². The number of hydrogen-bond acceptors (Lipinski definition) is 0. The number of allylic oxidation sites excluding steroid dienone is 10. The zero-order valence-electron chi connectivity index (χ0n) is 16.4. The van der Waals surface area contributed by atoms with E-state index in [1.54, 1.807) is 7.76 Å². The summed E-state index contributed by atoms with van der Waals surface area (Å²) in [5.74, 6) is 0.806. The van der Waals surface area contributed by atoms with E-state index in [0.717, 1.165) is 0 Å². The monoisotopic (exact) mass is 462 g/mol. The van der Waals surface area contributed by atoms with Gasteiger partial charge in [0.1, 0.15) is 0 Å². The first-order chi connectivity index (χ1) is 13.8. The van der Waals surface area contributed by atoms with E-state index in [1.165, 1.54) is 33.4 Å². The van der Waals surface area contributed by atoms with Crippen molar-refractivity contribution in [3.63, 3.8) is 0 Å². The molecule has 3 heteroatoms. The summed E-state index contributed by atoms with van der Waals surface area (Å²) in [5.41, 5.74) is 8.75. The number of halogens is 2. The van der Waals surface area contributed by atoms with Crippen LogP contribution in [0.25, 0.3) is 7.76 Å². The van der Waals surface area contributed by atoms with Gasteiger partial charge >= 0.3 is 172 Å². The molecule has 4 aliphatic rings. The van der Waals surface area contributed by atoms with E-state index in [1.807, 2.05) is 0 Å². The molecule has 0 aliphatic heterocycles. The number of rotatable bonds is 2. The molecule has 0 saturated carbocycles. The third kappa shape index (κ3) is 2.98. The maximum Gasteiger partial charge on any atom is -1.00 e. The van der Waals surface area contributed by atoms with Crippen LogP contribution in [0.15, 0.2) is 108 Å². The van der Waals surface area contributed by atoms with Crippen molar-refractivity contribution in [2.24, 2.45) is 0 Å². The maximum absolute atomic E-state index is 4.92. The zero-order chi connectivity index (χ0) is 18.7. The van der Waals surface area contributed by atoms with E-state index >= 15 is 0 Å². The van der Waals surface area contributed by atoms with Crippen molar-refractivity contribution >= 4 is 12.6 Å². The Morgan fingerprint density at radius 3 is 1.50 bits per heavy atom. The normalized spacial score (nSPS) is 21.2. The van der Waals surface area contributed by atoms with Gasteiger partial charge in [-0.2, -0.15) is 0 Å². The Labute approximate surface area is 196 Å². The quantitative estimate of drug-likeness (QED) is 0.563. The minimum absolute atomic E-state index is 0. The fraction of sp³-hybridized carbons (Fsp3) is 0.0741. The Morgan fingerprint density at radius 2 is 1.03 bits per heavy atom. The molecule has 0 saturated heterocycles. The van der Waals surface area contributed by atoms with Crippen LogP contribution in [0.3, 0.4) is 0 Å². The molecular weight excluding hydrogens is 443 g/mol. The second kappa shape index (κ2) is 8.29.